The number of amides is 1. The van der Waals surface area contributed by atoms with Crippen molar-refractivity contribution in [3.8, 4) is 11.3 Å². The zero-order valence-electron chi connectivity index (χ0n) is 12.5. The number of rotatable bonds is 2. The molecule has 2 heterocycles. The van der Waals surface area contributed by atoms with E-state index in [0.717, 1.165) is 23.6 Å². The SMILES string of the molecule is CC1SCCN(C(=O)c2cc(-c3ccc(Cl)cc3)n[nH]2)C1C. The molecule has 0 spiro atoms. The lowest BCUT2D eigenvalue weighted by molar-refractivity contribution is 0.0692. The van der Waals surface area contributed by atoms with Crippen molar-refractivity contribution < 1.29 is 4.79 Å². The third-order valence-corrected chi connectivity index (χ3v) is 5.68. The Bertz CT molecular complexity index is 670. The molecule has 1 amide bonds. The average molecular weight is 336 g/mol. The number of H-pyrrole nitrogens is 1. The zero-order valence-corrected chi connectivity index (χ0v) is 14.1. The maximum Gasteiger partial charge on any atom is 0.272 e. The average Bonchev–Trinajstić information content (AvgIpc) is 3.00. The molecule has 1 aliphatic rings. The van der Waals surface area contributed by atoms with E-state index in [-0.39, 0.29) is 11.9 Å². The number of thioether (sulfide) groups is 1. The monoisotopic (exact) mass is 335 g/mol. The zero-order chi connectivity index (χ0) is 15.7. The summed E-state index contributed by atoms with van der Waals surface area (Å²) >= 11 is 7.81. The molecule has 22 heavy (non-hydrogen) atoms. The van der Waals surface area contributed by atoms with Gasteiger partial charge in [0.15, 0.2) is 0 Å². The molecule has 1 N–H and O–H groups in total. The van der Waals surface area contributed by atoms with Gasteiger partial charge in [-0.2, -0.15) is 16.9 Å². The molecule has 4 nitrogen and oxygen atoms in total. The number of hydrogen-bond donors (Lipinski definition) is 1. The number of carbonyl (C=O) groups excluding carboxylic acids is 1. The summed E-state index contributed by atoms with van der Waals surface area (Å²) < 4.78 is 0. The number of nitrogens with zero attached hydrogens (tertiary/aromatic N) is 2. The highest BCUT2D eigenvalue weighted by Gasteiger charge is 2.30. The molecule has 1 saturated heterocycles. The third kappa shape index (κ3) is 3.01. The van der Waals surface area contributed by atoms with Crippen LogP contribution in [-0.4, -0.2) is 44.6 Å². The van der Waals surface area contributed by atoms with Gasteiger partial charge in [0.2, 0.25) is 0 Å². The van der Waals surface area contributed by atoms with Gasteiger partial charge in [-0.05, 0) is 25.1 Å². The van der Waals surface area contributed by atoms with E-state index in [1.165, 1.54) is 0 Å². The lowest BCUT2D eigenvalue weighted by Crippen LogP contribution is -2.48. The Morgan fingerprint density at radius 1 is 1.36 bits per heavy atom. The van der Waals surface area contributed by atoms with Crippen LogP contribution in [0.1, 0.15) is 24.3 Å². The van der Waals surface area contributed by atoms with Crippen LogP contribution in [0.4, 0.5) is 0 Å². The Kier molecular flexibility index (Phi) is 4.45. The van der Waals surface area contributed by atoms with Gasteiger partial charge in [-0.3, -0.25) is 9.89 Å². The van der Waals surface area contributed by atoms with Crippen LogP contribution in [0.25, 0.3) is 11.3 Å². The maximum absolute atomic E-state index is 12.7. The number of nitrogens with one attached hydrogen (secondary N) is 1. The van der Waals surface area contributed by atoms with Crippen LogP contribution in [0.5, 0.6) is 0 Å². The van der Waals surface area contributed by atoms with E-state index >= 15 is 0 Å². The molecule has 0 aliphatic carbocycles. The van der Waals surface area contributed by atoms with Crippen LogP contribution in [-0.2, 0) is 0 Å². The van der Waals surface area contributed by atoms with Crippen molar-refractivity contribution in [3.63, 3.8) is 0 Å². The molecule has 2 unspecified atom stereocenters. The van der Waals surface area contributed by atoms with Crippen LogP contribution in [0.3, 0.4) is 0 Å². The van der Waals surface area contributed by atoms with E-state index in [4.69, 9.17) is 11.6 Å². The molecular formula is C16H18ClN3OS. The molecule has 3 rings (SSSR count). The van der Waals surface area contributed by atoms with Gasteiger partial charge in [-0.25, -0.2) is 0 Å². The van der Waals surface area contributed by atoms with Gasteiger partial charge in [0.05, 0.1) is 5.69 Å². The Morgan fingerprint density at radius 2 is 2.09 bits per heavy atom. The number of benzene rings is 1. The summed E-state index contributed by atoms with van der Waals surface area (Å²) in [5.41, 5.74) is 2.23. The van der Waals surface area contributed by atoms with E-state index in [2.05, 4.69) is 24.0 Å². The standard InChI is InChI=1S/C16H18ClN3OS/c1-10-11(2)22-8-7-20(10)16(21)15-9-14(18-19-15)12-3-5-13(17)6-4-12/h3-6,9-11H,7-8H2,1-2H3,(H,18,19). The smallest absolute Gasteiger partial charge is 0.272 e. The Morgan fingerprint density at radius 3 is 2.82 bits per heavy atom. The molecule has 1 aromatic heterocycles. The fraction of sp³-hybridized carbons (Fsp3) is 0.375. The molecule has 1 fully saturated rings. The van der Waals surface area contributed by atoms with Crippen molar-refractivity contribution in [2.45, 2.75) is 25.1 Å². The summed E-state index contributed by atoms with van der Waals surface area (Å²) in [4.78, 5) is 14.6. The molecule has 6 heteroatoms. The summed E-state index contributed by atoms with van der Waals surface area (Å²) in [5.74, 6) is 1.00. The Labute approximate surface area is 139 Å². The van der Waals surface area contributed by atoms with E-state index in [9.17, 15) is 4.79 Å². The largest absolute Gasteiger partial charge is 0.333 e. The second kappa shape index (κ2) is 6.34. The first kappa shape index (κ1) is 15.4. The van der Waals surface area contributed by atoms with Crippen molar-refractivity contribution in [3.05, 3.63) is 41.0 Å². The minimum absolute atomic E-state index is 0.0207. The molecule has 0 radical (unpaired) electrons. The molecule has 0 bridgehead atoms. The molecule has 1 aliphatic heterocycles. The van der Waals surface area contributed by atoms with Gasteiger partial charge in [0.1, 0.15) is 5.69 Å². The lowest BCUT2D eigenvalue weighted by atomic mass is 10.1. The lowest BCUT2D eigenvalue weighted by Gasteiger charge is -2.37. The minimum atomic E-state index is 0.0207. The summed E-state index contributed by atoms with van der Waals surface area (Å²) in [6.45, 7) is 5.05. The van der Waals surface area contributed by atoms with Gasteiger partial charge >= 0.3 is 0 Å². The molecular weight excluding hydrogens is 318 g/mol. The molecule has 0 saturated carbocycles. The van der Waals surface area contributed by atoms with Gasteiger partial charge in [0, 0.05) is 34.2 Å². The minimum Gasteiger partial charge on any atom is -0.333 e. The first-order valence-corrected chi connectivity index (χ1v) is 8.73. The van der Waals surface area contributed by atoms with Gasteiger partial charge in [0.25, 0.3) is 5.91 Å². The molecule has 2 aromatic rings. The topological polar surface area (TPSA) is 49.0 Å². The van der Waals surface area contributed by atoms with Gasteiger partial charge in [-0.1, -0.05) is 30.7 Å². The number of carbonyl (C=O) groups is 1. The van der Waals surface area contributed by atoms with Crippen LogP contribution in [0.15, 0.2) is 30.3 Å². The van der Waals surface area contributed by atoms with Crippen LogP contribution in [0, 0.1) is 0 Å². The van der Waals surface area contributed by atoms with Crippen LogP contribution >= 0.6 is 23.4 Å². The number of aromatic amines is 1. The predicted molar refractivity (Wildman–Crippen MR) is 91.5 cm³/mol. The third-order valence-electron chi connectivity index (χ3n) is 4.09. The van der Waals surface area contributed by atoms with E-state index in [0.29, 0.717) is 16.0 Å². The van der Waals surface area contributed by atoms with Crippen molar-refractivity contribution in [2.24, 2.45) is 0 Å². The summed E-state index contributed by atoms with van der Waals surface area (Å²) in [5, 5.41) is 8.27. The summed E-state index contributed by atoms with van der Waals surface area (Å²) in [6, 6.07) is 9.47. The number of halogens is 1. The number of hydrogen-bond acceptors (Lipinski definition) is 3. The van der Waals surface area contributed by atoms with Crippen LogP contribution in [0.2, 0.25) is 5.02 Å². The fourth-order valence-electron chi connectivity index (χ4n) is 2.57. The van der Waals surface area contributed by atoms with Gasteiger partial charge in [-0.15, -0.1) is 0 Å². The van der Waals surface area contributed by atoms with Crippen LogP contribution < -0.4 is 0 Å². The number of aromatic nitrogens is 2. The highest BCUT2D eigenvalue weighted by molar-refractivity contribution is 8.00. The van der Waals surface area contributed by atoms with Crippen molar-refractivity contribution in [2.75, 3.05) is 12.3 Å². The fourth-order valence-corrected chi connectivity index (χ4v) is 3.80. The molecule has 1 aromatic carbocycles. The quantitative estimate of drug-likeness (QED) is 0.910. The van der Waals surface area contributed by atoms with E-state index < -0.39 is 0 Å². The summed E-state index contributed by atoms with van der Waals surface area (Å²) in [6.07, 6.45) is 0. The Balaban J connectivity index is 1.81. The highest BCUT2D eigenvalue weighted by Crippen LogP contribution is 2.26. The molecule has 2 atom stereocenters. The van der Waals surface area contributed by atoms with Crippen molar-refractivity contribution in [1.29, 1.82) is 0 Å². The predicted octanol–water partition coefficient (Wildman–Crippen LogP) is 3.70. The van der Waals surface area contributed by atoms with E-state index in [1.807, 2.05) is 47.0 Å². The second-order valence-electron chi connectivity index (χ2n) is 5.49. The highest BCUT2D eigenvalue weighted by atomic mass is 35.5. The normalized spacial score (nSPS) is 21.9. The summed E-state index contributed by atoms with van der Waals surface area (Å²) in [7, 11) is 0. The second-order valence-corrected chi connectivity index (χ2v) is 7.41. The maximum atomic E-state index is 12.7. The van der Waals surface area contributed by atoms with Gasteiger partial charge < -0.3 is 4.90 Å². The Hall–Kier alpha value is -1.46. The first-order valence-electron chi connectivity index (χ1n) is 7.30. The van der Waals surface area contributed by atoms with Crippen molar-refractivity contribution in [1.82, 2.24) is 15.1 Å². The first-order chi connectivity index (χ1) is 10.6. The van der Waals surface area contributed by atoms with E-state index in [1.54, 1.807) is 0 Å². The molecule has 116 valence electrons. The van der Waals surface area contributed by atoms with Crippen molar-refractivity contribution >= 4 is 29.3 Å².